The largest absolute Gasteiger partial charge is 0.451 e. The Morgan fingerprint density at radius 1 is 1.27 bits per heavy atom. The van der Waals surface area contributed by atoms with Gasteiger partial charge in [0.25, 0.3) is 0 Å². The van der Waals surface area contributed by atoms with Crippen LogP contribution < -0.4 is 0 Å². The van der Waals surface area contributed by atoms with Gasteiger partial charge in [-0.2, -0.15) is 13.2 Å². The van der Waals surface area contributed by atoms with Crippen LogP contribution in [0.2, 0.25) is 0 Å². The number of hydrogen-bond donors (Lipinski definition) is 0. The normalized spacial score (nSPS) is 18.3. The second-order valence-corrected chi connectivity index (χ2v) is 7.26. The molecule has 0 spiro atoms. The van der Waals surface area contributed by atoms with Crippen LogP contribution in [0.5, 0.6) is 0 Å². The molecular weight excluding hydrogens is 363 g/mol. The molecule has 1 fully saturated rings. The Morgan fingerprint density at radius 3 is 2.77 bits per heavy atom. The van der Waals surface area contributed by atoms with Gasteiger partial charge in [-0.25, -0.2) is 9.97 Å². The van der Waals surface area contributed by atoms with Gasteiger partial charge in [0, 0.05) is 18.0 Å². The highest BCUT2D eigenvalue weighted by atomic mass is 32.2. The second kappa shape index (κ2) is 7.82. The van der Waals surface area contributed by atoms with Crippen LogP contribution in [-0.2, 0) is 11.0 Å². The van der Waals surface area contributed by atoms with E-state index in [1.807, 2.05) is 4.90 Å². The van der Waals surface area contributed by atoms with Crippen LogP contribution >= 0.6 is 11.8 Å². The lowest BCUT2D eigenvalue weighted by molar-refractivity contribution is -0.145. The highest BCUT2D eigenvalue weighted by molar-refractivity contribution is 8.00. The van der Waals surface area contributed by atoms with Crippen LogP contribution in [0.3, 0.4) is 0 Å². The van der Waals surface area contributed by atoms with Crippen molar-refractivity contribution in [2.75, 3.05) is 12.3 Å². The van der Waals surface area contributed by atoms with Crippen molar-refractivity contribution in [3.05, 3.63) is 30.1 Å². The van der Waals surface area contributed by atoms with Crippen LogP contribution in [-0.4, -0.2) is 39.1 Å². The van der Waals surface area contributed by atoms with Gasteiger partial charge in [-0.3, -0.25) is 4.79 Å². The van der Waals surface area contributed by atoms with Crippen LogP contribution in [0.15, 0.2) is 29.3 Å². The van der Waals surface area contributed by atoms with Gasteiger partial charge < -0.3 is 4.90 Å². The number of piperidine rings is 1. The third-order valence-corrected chi connectivity index (χ3v) is 5.55. The minimum Gasteiger partial charge on any atom is -0.339 e. The maximum atomic E-state index is 13.1. The molecule has 0 aliphatic carbocycles. The number of fused-ring (bicyclic) bond motifs is 1. The van der Waals surface area contributed by atoms with E-state index >= 15 is 0 Å². The summed E-state index contributed by atoms with van der Waals surface area (Å²) in [5, 5.41) is 0.727. The number of carbonyl (C=O) groups excluding carboxylic acids is 1. The van der Waals surface area contributed by atoms with Crippen molar-refractivity contribution in [1.82, 2.24) is 14.9 Å². The van der Waals surface area contributed by atoms with Gasteiger partial charge in [0.2, 0.25) is 11.7 Å². The number of benzene rings is 1. The van der Waals surface area contributed by atoms with Crippen LogP contribution in [0.1, 0.15) is 38.4 Å². The maximum absolute atomic E-state index is 13.1. The van der Waals surface area contributed by atoms with E-state index in [1.165, 1.54) is 6.07 Å². The van der Waals surface area contributed by atoms with E-state index in [1.54, 1.807) is 18.2 Å². The molecule has 26 heavy (non-hydrogen) atoms. The summed E-state index contributed by atoms with van der Waals surface area (Å²) in [5.74, 6) is -1.14. The monoisotopic (exact) mass is 383 g/mol. The van der Waals surface area contributed by atoms with E-state index in [0.717, 1.165) is 44.0 Å². The molecule has 2 aromatic rings. The van der Waals surface area contributed by atoms with Crippen LogP contribution in [0.4, 0.5) is 13.2 Å². The molecule has 2 heterocycles. The number of thioether (sulfide) groups is 1. The van der Waals surface area contributed by atoms with Crippen molar-refractivity contribution < 1.29 is 18.0 Å². The zero-order valence-corrected chi connectivity index (χ0v) is 15.2. The topological polar surface area (TPSA) is 46.1 Å². The average Bonchev–Trinajstić information content (AvgIpc) is 2.64. The smallest absolute Gasteiger partial charge is 0.339 e. The number of halogens is 3. The van der Waals surface area contributed by atoms with E-state index in [0.29, 0.717) is 5.39 Å². The molecule has 0 N–H and O–H groups in total. The number of likely N-dealkylation sites (tertiary alicyclic amines) is 1. The lowest BCUT2D eigenvalue weighted by Gasteiger charge is -2.35. The van der Waals surface area contributed by atoms with Gasteiger partial charge in [-0.15, -0.1) is 0 Å². The fourth-order valence-corrected chi connectivity index (χ4v) is 4.16. The molecule has 0 saturated carbocycles. The molecule has 1 aromatic heterocycles. The van der Waals surface area contributed by atoms with E-state index in [2.05, 4.69) is 16.9 Å². The molecule has 1 aromatic carbocycles. The van der Waals surface area contributed by atoms with Gasteiger partial charge in [-0.1, -0.05) is 36.9 Å². The molecule has 0 bridgehead atoms. The molecule has 140 valence electrons. The van der Waals surface area contributed by atoms with Gasteiger partial charge in [-0.05, 0) is 31.7 Å². The Balaban J connectivity index is 1.82. The summed E-state index contributed by atoms with van der Waals surface area (Å²) < 4.78 is 39.2. The van der Waals surface area contributed by atoms with E-state index in [9.17, 15) is 18.0 Å². The van der Waals surface area contributed by atoms with Crippen LogP contribution in [0, 0.1) is 0 Å². The fourth-order valence-electron chi connectivity index (χ4n) is 3.25. The molecule has 1 amide bonds. The lowest BCUT2D eigenvalue weighted by atomic mass is 10.0. The number of aromatic nitrogens is 2. The third kappa shape index (κ3) is 4.11. The molecule has 4 nitrogen and oxygen atoms in total. The molecule has 1 atom stereocenters. The summed E-state index contributed by atoms with van der Waals surface area (Å²) in [6.45, 7) is 2.77. The minimum atomic E-state index is -4.62. The molecule has 3 rings (SSSR count). The Labute approximate surface area is 154 Å². The summed E-state index contributed by atoms with van der Waals surface area (Å²) in [4.78, 5) is 21.8. The van der Waals surface area contributed by atoms with Crippen molar-refractivity contribution in [2.24, 2.45) is 0 Å². The summed E-state index contributed by atoms with van der Waals surface area (Å²) in [6, 6.07) is 6.79. The van der Waals surface area contributed by atoms with Gasteiger partial charge in [0.15, 0.2) is 0 Å². The Hall–Kier alpha value is -1.83. The Morgan fingerprint density at radius 2 is 2.04 bits per heavy atom. The molecule has 8 heteroatoms. The van der Waals surface area contributed by atoms with Crippen molar-refractivity contribution >= 4 is 28.6 Å². The molecule has 0 radical (unpaired) electrons. The Bertz CT molecular complexity index is 797. The standard InChI is InChI=1S/C18H20F3N3OS/c1-2-12-7-5-6-10-24(12)15(25)11-26-16-13-8-3-4-9-14(13)22-17(23-16)18(19,20)21/h3-4,8-9,12H,2,5-7,10-11H2,1H3. The van der Waals surface area contributed by atoms with E-state index in [-0.39, 0.29) is 28.2 Å². The first-order chi connectivity index (χ1) is 12.4. The molecule has 1 aliphatic rings. The zero-order valence-electron chi connectivity index (χ0n) is 14.4. The van der Waals surface area contributed by atoms with E-state index < -0.39 is 12.0 Å². The summed E-state index contributed by atoms with van der Waals surface area (Å²) >= 11 is 1.05. The predicted octanol–water partition coefficient (Wildman–Crippen LogP) is 4.53. The predicted molar refractivity (Wildman–Crippen MR) is 94.9 cm³/mol. The highest BCUT2D eigenvalue weighted by Gasteiger charge is 2.35. The number of hydrogen-bond acceptors (Lipinski definition) is 4. The van der Waals surface area contributed by atoms with Gasteiger partial charge >= 0.3 is 6.18 Å². The maximum Gasteiger partial charge on any atom is 0.451 e. The van der Waals surface area contributed by atoms with Crippen molar-refractivity contribution in [3.63, 3.8) is 0 Å². The number of amides is 1. The zero-order chi connectivity index (χ0) is 18.7. The first-order valence-electron chi connectivity index (χ1n) is 8.66. The molecule has 1 saturated heterocycles. The Kier molecular flexibility index (Phi) is 5.70. The number of carbonyl (C=O) groups is 1. The number of para-hydroxylation sites is 1. The quantitative estimate of drug-likeness (QED) is 0.575. The SMILES string of the molecule is CCC1CCCCN1C(=O)CSc1nc(C(F)(F)F)nc2ccccc12. The fraction of sp³-hybridized carbons (Fsp3) is 0.500. The molecule has 1 unspecified atom stereocenters. The average molecular weight is 383 g/mol. The minimum absolute atomic E-state index is 0.0437. The van der Waals surface area contributed by atoms with Crippen molar-refractivity contribution in [2.45, 2.75) is 49.9 Å². The summed E-state index contributed by atoms with van der Waals surface area (Å²) in [5.41, 5.74) is 0.231. The summed E-state index contributed by atoms with van der Waals surface area (Å²) in [7, 11) is 0. The molecule has 1 aliphatic heterocycles. The lowest BCUT2D eigenvalue weighted by Crippen LogP contribution is -2.44. The second-order valence-electron chi connectivity index (χ2n) is 6.30. The summed E-state index contributed by atoms with van der Waals surface area (Å²) in [6.07, 6.45) is -0.654. The van der Waals surface area contributed by atoms with Crippen molar-refractivity contribution in [1.29, 1.82) is 0 Å². The van der Waals surface area contributed by atoms with Gasteiger partial charge in [0.05, 0.1) is 11.3 Å². The first-order valence-corrected chi connectivity index (χ1v) is 9.65. The highest BCUT2D eigenvalue weighted by Crippen LogP contribution is 2.32. The van der Waals surface area contributed by atoms with Crippen LogP contribution in [0.25, 0.3) is 10.9 Å². The van der Waals surface area contributed by atoms with E-state index in [4.69, 9.17) is 0 Å². The van der Waals surface area contributed by atoms with Gasteiger partial charge in [0.1, 0.15) is 5.03 Å². The molecular formula is C18H20F3N3OS. The third-order valence-electron chi connectivity index (χ3n) is 4.57. The van der Waals surface area contributed by atoms with Crippen molar-refractivity contribution in [3.8, 4) is 0 Å². The first kappa shape index (κ1) is 18.9. The number of nitrogens with zero attached hydrogens (tertiary/aromatic N) is 3. The number of alkyl halides is 3. The number of rotatable bonds is 4.